The van der Waals surface area contributed by atoms with E-state index in [0.29, 0.717) is 33.7 Å². The minimum atomic E-state index is -0.645. The molecular weight excluding hydrogens is 788 g/mol. The van der Waals surface area contributed by atoms with Crippen LogP contribution < -0.4 is 26.9 Å². The van der Waals surface area contributed by atoms with Crippen molar-refractivity contribution in [2.75, 3.05) is 25.5 Å². The topological polar surface area (TPSA) is 117 Å². The first kappa shape index (κ1) is 36.2. The van der Waals surface area contributed by atoms with Gasteiger partial charge >= 0.3 is 11.8 Å². The van der Waals surface area contributed by atoms with E-state index < -0.39 is 28.2 Å². The number of hydrogen-bond acceptors (Lipinski definition) is 8. The Hall–Kier alpha value is -4.57. The van der Waals surface area contributed by atoms with E-state index in [-0.39, 0.29) is 45.9 Å². The number of nitrogens with zero attached hydrogens (tertiary/aromatic N) is 4. The highest BCUT2D eigenvalue weighted by Gasteiger charge is 2.34. The van der Waals surface area contributed by atoms with Gasteiger partial charge in [0.1, 0.15) is 28.4 Å². The van der Waals surface area contributed by atoms with Gasteiger partial charge in [-0.3, -0.25) is 23.3 Å². The van der Waals surface area contributed by atoms with Gasteiger partial charge in [0.25, 0.3) is 11.1 Å². The number of ether oxygens (including phenoxy) is 2. The molecule has 5 aromatic rings. The van der Waals surface area contributed by atoms with Crippen molar-refractivity contribution in [1.82, 2.24) is 18.6 Å². The average Bonchev–Trinajstić information content (AvgIpc) is 3.06. The molecule has 1 amide bonds. The predicted octanol–water partition coefficient (Wildman–Crippen LogP) is 6.42. The number of nitrogens with one attached hydrogen (secondary N) is 1. The van der Waals surface area contributed by atoms with Crippen LogP contribution in [-0.2, 0) is 18.3 Å². The minimum Gasteiger partial charge on any atom is -0.497 e. The quantitative estimate of drug-likeness (QED) is 0.179. The van der Waals surface area contributed by atoms with Crippen molar-refractivity contribution < 1.29 is 18.7 Å². The smallest absolute Gasteiger partial charge is 0.410 e. The second-order valence-electron chi connectivity index (χ2n) is 13.3. The van der Waals surface area contributed by atoms with Crippen LogP contribution in [0.4, 0.5) is 20.7 Å². The van der Waals surface area contributed by atoms with Crippen molar-refractivity contribution in [3.63, 3.8) is 0 Å². The van der Waals surface area contributed by atoms with Crippen LogP contribution in [0.1, 0.15) is 31.9 Å². The number of methoxy groups -OCH3 is 1. The summed E-state index contributed by atoms with van der Waals surface area (Å²) < 4.78 is 30.4. The first-order valence-corrected chi connectivity index (χ1v) is 18.1. The zero-order chi connectivity index (χ0) is 36.8. The molecule has 0 unspecified atom stereocenters. The number of anilines is 2. The summed E-state index contributed by atoms with van der Waals surface area (Å²) in [5, 5.41) is 3.14. The average molecular weight is 826 g/mol. The summed E-state index contributed by atoms with van der Waals surface area (Å²) in [5.41, 5.74) is -0.872. The molecule has 1 N–H and O–H groups in total. The van der Waals surface area contributed by atoms with Crippen LogP contribution in [0.2, 0.25) is 0 Å². The second kappa shape index (κ2) is 14.2. The van der Waals surface area contributed by atoms with Gasteiger partial charge in [0, 0.05) is 39.4 Å². The molecule has 266 valence electrons. The molecule has 0 saturated carbocycles. The Balaban J connectivity index is 1.50. The fraction of sp³-hybridized carbons (Fsp3) is 0.297. The summed E-state index contributed by atoms with van der Waals surface area (Å²) >= 11 is 3.55. The first-order chi connectivity index (χ1) is 24.1. The number of rotatable bonds is 8. The van der Waals surface area contributed by atoms with Crippen LogP contribution in [-0.4, -0.2) is 55.7 Å². The van der Waals surface area contributed by atoms with Crippen LogP contribution in [0.3, 0.4) is 0 Å². The molecular formula is C37H37FIN5O6S. The third-order valence-corrected chi connectivity index (χ3v) is 10.3. The molecule has 0 atom stereocenters. The molecule has 1 aliphatic heterocycles. The maximum atomic E-state index is 15.2. The molecule has 6 rings (SSSR count). The molecule has 1 saturated heterocycles. The number of likely N-dealkylation sites (tertiary alicyclic amines) is 1. The van der Waals surface area contributed by atoms with Crippen molar-refractivity contribution in [2.24, 2.45) is 7.05 Å². The highest BCUT2D eigenvalue weighted by molar-refractivity contribution is 14.1. The lowest BCUT2D eigenvalue weighted by atomic mass is 10.1. The van der Waals surface area contributed by atoms with Crippen molar-refractivity contribution in [2.45, 2.75) is 50.0 Å². The van der Waals surface area contributed by atoms with Gasteiger partial charge in [-0.1, -0.05) is 18.2 Å². The number of amides is 1. The lowest BCUT2D eigenvalue weighted by molar-refractivity contribution is 0.0144. The lowest BCUT2D eigenvalue weighted by Gasteiger charge is -2.39. The summed E-state index contributed by atoms with van der Waals surface area (Å²) in [7, 11) is 3.05. The fourth-order valence-electron chi connectivity index (χ4n) is 5.88. The van der Waals surface area contributed by atoms with Gasteiger partial charge in [0.05, 0.1) is 30.5 Å². The summed E-state index contributed by atoms with van der Waals surface area (Å²) in [6.07, 6.45) is -0.364. The molecule has 3 heterocycles. The Bertz CT molecular complexity index is 2340. The van der Waals surface area contributed by atoms with Gasteiger partial charge in [-0.2, -0.15) is 0 Å². The van der Waals surface area contributed by atoms with Crippen molar-refractivity contribution in [3.05, 3.63) is 118 Å². The van der Waals surface area contributed by atoms with E-state index in [4.69, 9.17) is 9.47 Å². The predicted molar refractivity (Wildman–Crippen MR) is 206 cm³/mol. The molecule has 14 heteroatoms. The van der Waals surface area contributed by atoms with E-state index in [9.17, 15) is 19.2 Å². The monoisotopic (exact) mass is 825 g/mol. The van der Waals surface area contributed by atoms with Crippen LogP contribution in [0.25, 0.3) is 16.6 Å². The molecule has 0 radical (unpaired) electrons. The third-order valence-electron chi connectivity index (χ3n) is 8.46. The molecule has 0 bridgehead atoms. The standard InChI is InChI=1S/C37H37FIN5O6S/c1-21-31-30(32(41(5)33(21)45)40-29-15-12-23(39)16-28(29)38)34(46)43(18-22-10-13-25(49-6)14-11-22)35(47)44(31)24-8-7-9-26(17-24)51-27-19-42(20-27)36(48)50-37(2,3)4/h7-17,27,40H,18-20H2,1-6H3. The number of aromatic nitrogens is 3. The first-order valence-electron chi connectivity index (χ1n) is 16.1. The van der Waals surface area contributed by atoms with E-state index in [0.717, 1.165) is 9.46 Å². The van der Waals surface area contributed by atoms with Crippen molar-refractivity contribution in [3.8, 4) is 11.4 Å². The number of thioether (sulfide) groups is 1. The molecule has 3 aromatic carbocycles. The Kier molecular flexibility index (Phi) is 10.1. The van der Waals surface area contributed by atoms with Crippen molar-refractivity contribution >= 4 is 62.9 Å². The highest BCUT2D eigenvalue weighted by Crippen LogP contribution is 2.33. The lowest BCUT2D eigenvalue weighted by Crippen LogP contribution is -2.53. The SMILES string of the molecule is COc1ccc(Cn2c(=O)c3c(Nc4ccc(I)cc4F)n(C)c(=O)c(C)c3n(-c3cccc(SC4CN(C(=O)OC(C)(C)C)C4)c3)c2=O)cc1. The fourth-order valence-corrected chi connectivity index (χ4v) is 7.57. The van der Waals surface area contributed by atoms with E-state index in [1.54, 1.807) is 73.2 Å². The molecule has 0 spiro atoms. The number of carbonyl (C=O) groups excluding carboxylic acids is 1. The molecule has 2 aromatic heterocycles. The Morgan fingerprint density at radius 1 is 1.02 bits per heavy atom. The van der Waals surface area contributed by atoms with Gasteiger partial charge in [-0.15, -0.1) is 11.8 Å². The van der Waals surface area contributed by atoms with Gasteiger partial charge in [-0.05, 0) is 104 Å². The largest absolute Gasteiger partial charge is 0.497 e. The molecule has 0 aliphatic carbocycles. The number of fused-ring (bicyclic) bond motifs is 1. The van der Waals surface area contributed by atoms with E-state index >= 15 is 4.39 Å². The van der Waals surface area contributed by atoms with Crippen LogP contribution in [0.15, 0.2) is 86.0 Å². The second-order valence-corrected chi connectivity index (χ2v) is 15.9. The van der Waals surface area contributed by atoms with Gasteiger partial charge in [-0.25, -0.2) is 14.0 Å². The summed E-state index contributed by atoms with van der Waals surface area (Å²) in [6.45, 7) is 7.97. The summed E-state index contributed by atoms with van der Waals surface area (Å²) in [6, 6.07) is 18.9. The maximum Gasteiger partial charge on any atom is 0.410 e. The zero-order valence-electron chi connectivity index (χ0n) is 29.0. The highest BCUT2D eigenvalue weighted by atomic mass is 127. The van der Waals surface area contributed by atoms with Gasteiger partial charge in [0.2, 0.25) is 0 Å². The van der Waals surface area contributed by atoms with Gasteiger partial charge in [0.15, 0.2) is 0 Å². The number of benzene rings is 3. The number of halogens is 2. The van der Waals surface area contributed by atoms with Crippen molar-refractivity contribution in [1.29, 1.82) is 0 Å². The number of hydrogen-bond donors (Lipinski definition) is 1. The molecule has 11 nitrogen and oxygen atoms in total. The van der Waals surface area contributed by atoms with E-state index in [1.165, 1.54) is 28.3 Å². The van der Waals surface area contributed by atoms with E-state index in [1.807, 2.05) is 55.5 Å². The zero-order valence-corrected chi connectivity index (χ0v) is 31.9. The normalized spacial score (nSPS) is 13.3. The Labute approximate surface area is 311 Å². The molecule has 1 aliphatic rings. The number of pyridine rings is 1. The summed E-state index contributed by atoms with van der Waals surface area (Å²) in [4.78, 5) is 57.7. The van der Waals surface area contributed by atoms with Crippen LogP contribution in [0, 0.1) is 16.3 Å². The number of aryl methyl sites for hydroxylation is 1. The van der Waals surface area contributed by atoms with Gasteiger partial charge < -0.3 is 19.7 Å². The summed E-state index contributed by atoms with van der Waals surface area (Å²) in [5.74, 6) is 0.0970. The number of carbonyl (C=O) groups is 1. The molecule has 51 heavy (non-hydrogen) atoms. The minimum absolute atomic E-state index is 0.0465. The third kappa shape index (κ3) is 7.42. The molecule has 1 fully saturated rings. The van der Waals surface area contributed by atoms with E-state index in [2.05, 4.69) is 5.32 Å². The van der Waals surface area contributed by atoms with Crippen LogP contribution in [0.5, 0.6) is 5.75 Å². The maximum absolute atomic E-state index is 15.2. The van der Waals surface area contributed by atoms with Crippen LogP contribution >= 0.6 is 34.4 Å². The Morgan fingerprint density at radius 3 is 2.37 bits per heavy atom. The Morgan fingerprint density at radius 2 is 1.73 bits per heavy atom.